The summed E-state index contributed by atoms with van der Waals surface area (Å²) < 4.78 is 0. The minimum atomic E-state index is -0.800. The molecule has 2 N–H and O–H groups in total. The monoisotopic (exact) mass is 161 g/mol. The smallest absolute Gasteiger partial charge is 0.216 e. The van der Waals surface area contributed by atoms with Crippen LogP contribution >= 0.6 is 0 Å². The topological polar surface area (TPSA) is 49.3 Å². The van der Waals surface area contributed by atoms with Crippen molar-refractivity contribution in [3.05, 3.63) is 0 Å². The van der Waals surface area contributed by atoms with E-state index in [9.17, 15) is 4.79 Å². The lowest BCUT2D eigenvalue weighted by Crippen LogP contribution is -2.36. The Morgan fingerprint density at radius 3 is 1.91 bits per heavy atom. The maximum atomic E-state index is 10.3. The van der Waals surface area contributed by atoms with Gasteiger partial charge in [0.05, 0.1) is 5.60 Å². The molecule has 0 spiro atoms. The van der Waals surface area contributed by atoms with Crippen molar-refractivity contribution < 1.29 is 9.90 Å². The van der Waals surface area contributed by atoms with Gasteiger partial charge in [-0.05, 0) is 13.8 Å². The Hall–Kier alpha value is -0.570. The van der Waals surface area contributed by atoms with E-state index < -0.39 is 5.60 Å². The zero-order chi connectivity index (χ0) is 9.49. The van der Waals surface area contributed by atoms with Crippen LogP contribution in [0.15, 0.2) is 0 Å². The minimum Gasteiger partial charge on any atom is -0.389 e. The van der Waals surface area contributed by atoms with Crippen LogP contribution in [-0.2, 0) is 4.79 Å². The fourth-order valence-corrected chi connectivity index (χ4v) is 0.341. The molecule has 0 heterocycles. The summed E-state index contributed by atoms with van der Waals surface area (Å²) in [6, 6.07) is 0. The van der Waals surface area contributed by atoms with Gasteiger partial charge in [0.15, 0.2) is 0 Å². The van der Waals surface area contributed by atoms with Crippen LogP contribution in [0.2, 0.25) is 0 Å². The van der Waals surface area contributed by atoms with E-state index in [1.54, 1.807) is 13.8 Å². The van der Waals surface area contributed by atoms with E-state index in [1.807, 2.05) is 13.8 Å². The van der Waals surface area contributed by atoms with Crippen LogP contribution in [-0.4, -0.2) is 23.2 Å². The molecule has 0 rings (SSSR count). The summed E-state index contributed by atoms with van der Waals surface area (Å²) >= 11 is 0. The lowest BCUT2D eigenvalue weighted by Gasteiger charge is -2.16. The van der Waals surface area contributed by atoms with E-state index in [4.69, 9.17) is 5.11 Å². The Balaban J connectivity index is 0. The average molecular weight is 161 g/mol. The average Bonchev–Trinajstić information content (AvgIpc) is 1.87. The zero-order valence-electron chi connectivity index (χ0n) is 8.06. The SMILES string of the molecule is CC.CC(=O)NCC(C)(C)O. The molecule has 0 saturated carbocycles. The molecule has 3 nitrogen and oxygen atoms in total. The van der Waals surface area contributed by atoms with Gasteiger partial charge in [0, 0.05) is 13.5 Å². The Kier molecular flexibility index (Phi) is 7.31. The standard InChI is InChI=1S/C6H13NO2.C2H6/c1-5(8)7-4-6(2,3)9;1-2/h9H,4H2,1-3H3,(H,7,8);1-2H3. The van der Waals surface area contributed by atoms with Crippen LogP contribution < -0.4 is 5.32 Å². The van der Waals surface area contributed by atoms with E-state index in [1.165, 1.54) is 6.92 Å². The fourth-order valence-electron chi connectivity index (χ4n) is 0.341. The van der Waals surface area contributed by atoms with Crippen molar-refractivity contribution >= 4 is 5.91 Å². The first-order valence-electron chi connectivity index (χ1n) is 3.88. The molecule has 0 aliphatic heterocycles. The second-order valence-corrected chi connectivity index (χ2v) is 2.72. The Bertz CT molecular complexity index is 105. The molecule has 0 aromatic heterocycles. The molecular formula is C8H19NO2. The van der Waals surface area contributed by atoms with Gasteiger partial charge in [-0.1, -0.05) is 13.8 Å². The highest BCUT2D eigenvalue weighted by Crippen LogP contribution is 1.96. The van der Waals surface area contributed by atoms with Gasteiger partial charge < -0.3 is 10.4 Å². The number of nitrogens with one attached hydrogen (secondary N) is 1. The van der Waals surface area contributed by atoms with Gasteiger partial charge in [0.1, 0.15) is 0 Å². The van der Waals surface area contributed by atoms with Crippen LogP contribution in [0.1, 0.15) is 34.6 Å². The van der Waals surface area contributed by atoms with Gasteiger partial charge in [-0.2, -0.15) is 0 Å². The minimum absolute atomic E-state index is 0.114. The summed E-state index contributed by atoms with van der Waals surface area (Å²) in [4.78, 5) is 10.3. The normalized spacial score (nSPS) is 9.64. The molecule has 0 radical (unpaired) electrons. The maximum absolute atomic E-state index is 10.3. The number of carbonyl (C=O) groups is 1. The van der Waals surface area contributed by atoms with Crippen LogP contribution in [0.3, 0.4) is 0 Å². The largest absolute Gasteiger partial charge is 0.389 e. The molecule has 0 fully saturated rings. The van der Waals surface area contributed by atoms with Crippen LogP contribution in [0.5, 0.6) is 0 Å². The molecule has 0 saturated heterocycles. The first kappa shape index (κ1) is 13.1. The number of aliphatic hydroxyl groups is 1. The quantitative estimate of drug-likeness (QED) is 0.632. The summed E-state index contributed by atoms with van der Waals surface area (Å²) in [5, 5.41) is 11.5. The van der Waals surface area contributed by atoms with E-state index in [0.29, 0.717) is 6.54 Å². The number of hydrogen-bond acceptors (Lipinski definition) is 2. The predicted octanol–water partition coefficient (Wildman–Crippen LogP) is 0.920. The van der Waals surface area contributed by atoms with E-state index >= 15 is 0 Å². The van der Waals surface area contributed by atoms with Gasteiger partial charge in [-0.15, -0.1) is 0 Å². The van der Waals surface area contributed by atoms with Gasteiger partial charge >= 0.3 is 0 Å². The number of hydrogen-bond donors (Lipinski definition) is 2. The van der Waals surface area contributed by atoms with Crippen molar-refractivity contribution in [1.82, 2.24) is 5.32 Å². The van der Waals surface area contributed by atoms with E-state index in [0.717, 1.165) is 0 Å². The summed E-state index contributed by atoms with van der Waals surface area (Å²) in [6.45, 7) is 9.01. The molecule has 0 unspecified atom stereocenters. The maximum Gasteiger partial charge on any atom is 0.216 e. The number of amides is 1. The predicted molar refractivity (Wildman–Crippen MR) is 46.3 cm³/mol. The molecule has 0 bridgehead atoms. The third-order valence-corrected chi connectivity index (χ3v) is 0.770. The van der Waals surface area contributed by atoms with Gasteiger partial charge in [0.25, 0.3) is 0 Å². The van der Waals surface area contributed by atoms with Gasteiger partial charge in [-0.25, -0.2) is 0 Å². The Morgan fingerprint density at radius 2 is 1.82 bits per heavy atom. The lowest BCUT2D eigenvalue weighted by atomic mass is 10.1. The second kappa shape index (κ2) is 6.16. The van der Waals surface area contributed by atoms with Crippen molar-refractivity contribution in [2.45, 2.75) is 40.2 Å². The number of carbonyl (C=O) groups excluding carboxylic acids is 1. The zero-order valence-corrected chi connectivity index (χ0v) is 8.06. The molecular weight excluding hydrogens is 142 g/mol. The molecule has 0 aliphatic rings. The van der Waals surface area contributed by atoms with Crippen molar-refractivity contribution in [2.75, 3.05) is 6.54 Å². The fraction of sp³-hybridized carbons (Fsp3) is 0.875. The van der Waals surface area contributed by atoms with Crippen molar-refractivity contribution in [1.29, 1.82) is 0 Å². The van der Waals surface area contributed by atoms with Crippen LogP contribution in [0.4, 0.5) is 0 Å². The lowest BCUT2D eigenvalue weighted by molar-refractivity contribution is -0.119. The first-order valence-corrected chi connectivity index (χ1v) is 3.88. The molecule has 68 valence electrons. The van der Waals surface area contributed by atoms with Crippen LogP contribution in [0, 0.1) is 0 Å². The summed E-state index contributed by atoms with van der Waals surface area (Å²) in [5.41, 5.74) is -0.800. The molecule has 0 aromatic carbocycles. The second-order valence-electron chi connectivity index (χ2n) is 2.72. The molecule has 0 aliphatic carbocycles. The highest BCUT2D eigenvalue weighted by atomic mass is 16.3. The highest BCUT2D eigenvalue weighted by molar-refractivity contribution is 5.72. The molecule has 1 amide bonds. The van der Waals surface area contributed by atoms with E-state index in [2.05, 4.69) is 5.32 Å². The van der Waals surface area contributed by atoms with Crippen molar-refractivity contribution in [3.8, 4) is 0 Å². The van der Waals surface area contributed by atoms with E-state index in [-0.39, 0.29) is 5.91 Å². The third kappa shape index (κ3) is 17.7. The van der Waals surface area contributed by atoms with Crippen molar-refractivity contribution in [2.24, 2.45) is 0 Å². The summed E-state index contributed by atoms with van der Waals surface area (Å²) in [7, 11) is 0. The summed E-state index contributed by atoms with van der Waals surface area (Å²) in [6.07, 6.45) is 0. The molecule has 3 heteroatoms. The summed E-state index contributed by atoms with van der Waals surface area (Å²) in [5.74, 6) is -0.114. The molecule has 0 aromatic rings. The molecule has 11 heavy (non-hydrogen) atoms. The van der Waals surface area contributed by atoms with Crippen LogP contribution in [0.25, 0.3) is 0 Å². The van der Waals surface area contributed by atoms with Gasteiger partial charge in [0.2, 0.25) is 5.91 Å². The first-order chi connectivity index (χ1) is 4.92. The third-order valence-electron chi connectivity index (χ3n) is 0.770. The van der Waals surface area contributed by atoms with Crippen molar-refractivity contribution in [3.63, 3.8) is 0 Å². The molecule has 0 atom stereocenters. The Morgan fingerprint density at radius 1 is 1.45 bits per heavy atom. The van der Waals surface area contributed by atoms with Gasteiger partial charge in [-0.3, -0.25) is 4.79 Å². The highest BCUT2D eigenvalue weighted by Gasteiger charge is 2.11. The number of rotatable bonds is 2. The Labute approximate surface area is 68.8 Å².